The molecule has 1 aromatic rings. The van der Waals surface area contributed by atoms with Crippen molar-refractivity contribution in [3.63, 3.8) is 0 Å². The van der Waals surface area contributed by atoms with E-state index in [1.165, 1.54) is 0 Å². The van der Waals surface area contributed by atoms with E-state index < -0.39 is 5.97 Å². The summed E-state index contributed by atoms with van der Waals surface area (Å²) in [6, 6.07) is 5.54. The minimum Gasteiger partial charge on any atom is -0.478 e. The van der Waals surface area contributed by atoms with E-state index in [1.807, 2.05) is 18.2 Å². The predicted octanol–water partition coefficient (Wildman–Crippen LogP) is 2.91. The van der Waals surface area contributed by atoms with Crippen LogP contribution < -0.4 is 4.90 Å². The highest BCUT2D eigenvalue weighted by Gasteiger charge is 2.25. The van der Waals surface area contributed by atoms with Crippen molar-refractivity contribution in [1.29, 1.82) is 0 Å². The maximum atomic E-state index is 10.7. The van der Waals surface area contributed by atoms with E-state index in [1.54, 1.807) is 13.2 Å². The van der Waals surface area contributed by atoms with Crippen molar-refractivity contribution in [2.45, 2.75) is 6.42 Å². The van der Waals surface area contributed by atoms with Crippen LogP contribution in [-0.4, -0.2) is 37.9 Å². The summed E-state index contributed by atoms with van der Waals surface area (Å²) < 4.78 is 5.20. The molecule has 5 heteroatoms. The SMILES string of the molecule is COCC1CCN(c2c(Cl)cccc2/C=C/C(=O)O)C1. The van der Waals surface area contributed by atoms with E-state index in [4.69, 9.17) is 21.4 Å². The molecule has 1 aromatic carbocycles. The van der Waals surface area contributed by atoms with Crippen molar-refractivity contribution in [1.82, 2.24) is 0 Å². The van der Waals surface area contributed by atoms with E-state index >= 15 is 0 Å². The van der Waals surface area contributed by atoms with Crippen LogP contribution >= 0.6 is 11.6 Å². The van der Waals surface area contributed by atoms with Crippen LogP contribution in [0.4, 0.5) is 5.69 Å². The Balaban J connectivity index is 2.24. The Morgan fingerprint density at radius 2 is 2.40 bits per heavy atom. The van der Waals surface area contributed by atoms with Gasteiger partial charge in [0.05, 0.1) is 17.3 Å². The number of benzene rings is 1. The lowest BCUT2D eigenvalue weighted by atomic mass is 10.1. The molecule has 0 aromatic heterocycles. The highest BCUT2D eigenvalue weighted by Crippen LogP contribution is 2.34. The number of para-hydroxylation sites is 1. The highest BCUT2D eigenvalue weighted by atomic mass is 35.5. The van der Waals surface area contributed by atoms with Gasteiger partial charge in [-0.1, -0.05) is 23.7 Å². The van der Waals surface area contributed by atoms with Crippen LogP contribution in [0.3, 0.4) is 0 Å². The Labute approximate surface area is 123 Å². The summed E-state index contributed by atoms with van der Waals surface area (Å²) in [5.41, 5.74) is 1.74. The van der Waals surface area contributed by atoms with E-state index in [0.717, 1.165) is 43.4 Å². The van der Waals surface area contributed by atoms with Gasteiger partial charge in [0.1, 0.15) is 0 Å². The molecule has 1 N–H and O–H groups in total. The van der Waals surface area contributed by atoms with E-state index in [2.05, 4.69) is 4.90 Å². The Kier molecular flexibility index (Phi) is 5.04. The van der Waals surface area contributed by atoms with Crippen LogP contribution in [-0.2, 0) is 9.53 Å². The third-order valence-electron chi connectivity index (χ3n) is 3.43. The Bertz CT molecular complexity index is 516. The molecular weight excluding hydrogens is 278 g/mol. The average Bonchev–Trinajstić information content (AvgIpc) is 2.85. The topological polar surface area (TPSA) is 49.8 Å². The van der Waals surface area contributed by atoms with Gasteiger partial charge in [0.15, 0.2) is 0 Å². The lowest BCUT2D eigenvalue weighted by molar-refractivity contribution is -0.131. The molecule has 1 saturated heterocycles. The third-order valence-corrected chi connectivity index (χ3v) is 3.73. The van der Waals surface area contributed by atoms with Gasteiger partial charge in [-0.05, 0) is 24.1 Å². The lowest BCUT2D eigenvalue weighted by Crippen LogP contribution is -2.22. The minimum atomic E-state index is -0.963. The molecule has 1 unspecified atom stereocenters. The quantitative estimate of drug-likeness (QED) is 0.849. The Morgan fingerprint density at radius 1 is 1.60 bits per heavy atom. The number of carbonyl (C=O) groups is 1. The minimum absolute atomic E-state index is 0.493. The fourth-order valence-electron chi connectivity index (χ4n) is 2.57. The summed E-state index contributed by atoms with van der Waals surface area (Å²) in [5.74, 6) is -0.470. The van der Waals surface area contributed by atoms with Crippen molar-refractivity contribution in [3.05, 3.63) is 34.9 Å². The molecule has 108 valence electrons. The zero-order valence-electron chi connectivity index (χ0n) is 11.4. The number of hydrogen-bond donors (Lipinski definition) is 1. The van der Waals surface area contributed by atoms with Gasteiger partial charge in [-0.15, -0.1) is 0 Å². The van der Waals surface area contributed by atoms with Gasteiger partial charge >= 0.3 is 5.97 Å². The second-order valence-corrected chi connectivity index (χ2v) is 5.31. The first-order chi connectivity index (χ1) is 9.61. The highest BCUT2D eigenvalue weighted by molar-refractivity contribution is 6.33. The number of aliphatic carboxylic acids is 1. The molecule has 2 rings (SSSR count). The molecule has 0 radical (unpaired) electrons. The standard InChI is InChI=1S/C15H18ClNO3/c1-20-10-11-7-8-17(9-11)15-12(5-6-14(18)19)3-2-4-13(15)16/h2-6,11H,7-10H2,1H3,(H,18,19)/b6-5+. The molecule has 0 amide bonds. The van der Waals surface area contributed by atoms with Gasteiger partial charge in [0.25, 0.3) is 0 Å². The summed E-state index contributed by atoms with van der Waals surface area (Å²) in [6.45, 7) is 2.53. The molecule has 1 atom stereocenters. The maximum absolute atomic E-state index is 10.7. The molecule has 0 saturated carbocycles. The van der Waals surface area contributed by atoms with Gasteiger partial charge in [-0.25, -0.2) is 4.79 Å². The number of nitrogens with zero attached hydrogens (tertiary/aromatic N) is 1. The number of ether oxygens (including phenoxy) is 1. The summed E-state index contributed by atoms with van der Waals surface area (Å²) in [6.07, 6.45) is 3.78. The monoisotopic (exact) mass is 295 g/mol. The van der Waals surface area contributed by atoms with Crippen molar-refractivity contribution >= 4 is 29.3 Å². The number of methoxy groups -OCH3 is 1. The molecule has 1 heterocycles. The van der Waals surface area contributed by atoms with Crippen molar-refractivity contribution in [3.8, 4) is 0 Å². The van der Waals surface area contributed by atoms with Gasteiger partial charge in [-0.3, -0.25) is 0 Å². The number of hydrogen-bond acceptors (Lipinski definition) is 3. The number of rotatable bonds is 5. The number of carboxylic acid groups (broad SMARTS) is 1. The van der Waals surface area contributed by atoms with E-state index in [0.29, 0.717) is 10.9 Å². The number of carboxylic acids is 1. The first-order valence-corrected chi connectivity index (χ1v) is 6.93. The summed E-state index contributed by atoms with van der Waals surface area (Å²) >= 11 is 6.30. The fourth-order valence-corrected chi connectivity index (χ4v) is 2.87. The molecule has 1 aliphatic rings. The fraction of sp³-hybridized carbons (Fsp3) is 0.400. The number of halogens is 1. The van der Waals surface area contributed by atoms with E-state index in [9.17, 15) is 4.79 Å². The molecule has 4 nitrogen and oxygen atoms in total. The largest absolute Gasteiger partial charge is 0.478 e. The Hall–Kier alpha value is -1.52. The molecule has 1 aliphatic heterocycles. The van der Waals surface area contributed by atoms with Gasteiger partial charge in [0, 0.05) is 32.2 Å². The molecule has 20 heavy (non-hydrogen) atoms. The van der Waals surface area contributed by atoms with Crippen LogP contribution in [0, 0.1) is 5.92 Å². The molecule has 1 fully saturated rings. The summed E-state index contributed by atoms with van der Waals surface area (Å²) in [5, 5.41) is 9.41. The van der Waals surface area contributed by atoms with Gasteiger partial charge < -0.3 is 14.7 Å². The molecule has 0 aliphatic carbocycles. The average molecular weight is 296 g/mol. The summed E-state index contributed by atoms with van der Waals surface area (Å²) in [4.78, 5) is 12.9. The third kappa shape index (κ3) is 3.52. The predicted molar refractivity (Wildman–Crippen MR) is 80.3 cm³/mol. The van der Waals surface area contributed by atoms with Gasteiger partial charge in [-0.2, -0.15) is 0 Å². The smallest absolute Gasteiger partial charge is 0.328 e. The zero-order valence-corrected chi connectivity index (χ0v) is 12.1. The van der Waals surface area contributed by atoms with E-state index in [-0.39, 0.29) is 0 Å². The van der Waals surface area contributed by atoms with Crippen molar-refractivity contribution in [2.24, 2.45) is 5.92 Å². The molecule has 0 bridgehead atoms. The number of anilines is 1. The van der Waals surface area contributed by atoms with Crippen LogP contribution in [0.2, 0.25) is 5.02 Å². The Morgan fingerprint density at radius 3 is 3.10 bits per heavy atom. The van der Waals surface area contributed by atoms with Crippen molar-refractivity contribution in [2.75, 3.05) is 31.7 Å². The normalized spacial score (nSPS) is 18.9. The van der Waals surface area contributed by atoms with Crippen molar-refractivity contribution < 1.29 is 14.6 Å². The first-order valence-electron chi connectivity index (χ1n) is 6.55. The molecular formula is C15H18ClNO3. The van der Waals surface area contributed by atoms with Crippen LogP contribution in [0.15, 0.2) is 24.3 Å². The first kappa shape index (κ1) is 14.9. The zero-order chi connectivity index (χ0) is 14.5. The second-order valence-electron chi connectivity index (χ2n) is 4.91. The second kappa shape index (κ2) is 6.77. The summed E-state index contributed by atoms with van der Waals surface area (Å²) in [7, 11) is 1.71. The van der Waals surface area contributed by atoms with Gasteiger partial charge in [0.2, 0.25) is 0 Å². The maximum Gasteiger partial charge on any atom is 0.328 e. The van der Waals surface area contributed by atoms with Crippen LogP contribution in [0.5, 0.6) is 0 Å². The molecule has 0 spiro atoms. The lowest BCUT2D eigenvalue weighted by Gasteiger charge is -2.22. The van der Waals surface area contributed by atoms with Crippen LogP contribution in [0.1, 0.15) is 12.0 Å². The van der Waals surface area contributed by atoms with Crippen LogP contribution in [0.25, 0.3) is 6.08 Å².